The molecule has 4 heterocycles. The second-order valence-electron chi connectivity index (χ2n) is 31.9. The second-order valence-corrected chi connectivity index (χ2v) is 31.9. The Morgan fingerprint density at radius 2 is 0.492 bits per heavy atom. The van der Waals surface area contributed by atoms with Gasteiger partial charge in [0.1, 0.15) is 22.3 Å². The highest BCUT2D eigenvalue weighted by molar-refractivity contribution is 6.16. The van der Waals surface area contributed by atoms with E-state index >= 15 is 0 Å². The van der Waals surface area contributed by atoms with Crippen LogP contribution in [0.15, 0.2) is 458 Å². The van der Waals surface area contributed by atoms with Crippen LogP contribution in [-0.2, 0) is 0 Å². The first-order valence-corrected chi connectivity index (χ1v) is 41.7. The summed E-state index contributed by atoms with van der Waals surface area (Å²) >= 11 is 0. The Balaban J connectivity index is 0.540. The van der Waals surface area contributed by atoms with Gasteiger partial charge in [-0.15, -0.1) is 0 Å². The maximum absolute atomic E-state index is 6.92. The monoisotopic (exact) mass is 1550 g/mol. The van der Waals surface area contributed by atoms with Gasteiger partial charge in [0.15, 0.2) is 0 Å². The number of nitrogens with zero attached hydrogens (tertiary/aromatic N) is 4. The van der Waals surface area contributed by atoms with E-state index in [1.54, 1.807) is 0 Å². The maximum Gasteiger partial charge on any atom is 0.143 e. The fourth-order valence-electron chi connectivity index (χ4n) is 19.0. The zero-order valence-electron chi connectivity index (χ0n) is 66.3. The minimum absolute atomic E-state index is 0.855. The highest BCUT2D eigenvalue weighted by Gasteiger charge is 2.25. The lowest BCUT2D eigenvalue weighted by atomic mass is 9.95. The van der Waals surface area contributed by atoms with Gasteiger partial charge in [-0.1, -0.05) is 297 Å². The summed E-state index contributed by atoms with van der Waals surface area (Å²) in [5, 5.41) is 13.9. The van der Waals surface area contributed by atoms with Crippen LogP contribution in [0, 0.1) is 0 Å². The smallest absolute Gasteiger partial charge is 0.143 e. The van der Waals surface area contributed by atoms with Gasteiger partial charge in [-0.3, -0.25) is 0 Å². The molecule has 20 aromatic carbocycles. The van der Waals surface area contributed by atoms with E-state index in [2.05, 4.69) is 468 Å². The molecular formula is C116H74N4O2. The van der Waals surface area contributed by atoms with E-state index in [1.807, 2.05) is 0 Å². The summed E-state index contributed by atoms with van der Waals surface area (Å²) < 4.78 is 18.7. The van der Waals surface area contributed by atoms with Gasteiger partial charge in [0, 0.05) is 99.7 Å². The number of benzene rings is 20. The molecular weight excluding hydrogens is 1480 g/mol. The summed E-state index contributed by atoms with van der Waals surface area (Å²) in [5.74, 6) is 0. The highest BCUT2D eigenvalue weighted by atomic mass is 16.3. The van der Waals surface area contributed by atoms with Crippen LogP contribution in [0.1, 0.15) is 0 Å². The average Bonchev–Trinajstić information content (AvgIpc) is 1.57. The van der Waals surface area contributed by atoms with Crippen molar-refractivity contribution in [2.24, 2.45) is 0 Å². The van der Waals surface area contributed by atoms with Gasteiger partial charge in [0.05, 0.1) is 22.1 Å². The molecule has 6 nitrogen and oxygen atoms in total. The summed E-state index contributed by atoms with van der Waals surface area (Å²) in [6.07, 6.45) is 0. The third-order valence-electron chi connectivity index (χ3n) is 24.9. The number of rotatable bonds is 15. The minimum Gasteiger partial charge on any atom is -0.455 e. The van der Waals surface area contributed by atoms with Gasteiger partial charge in [-0.2, -0.15) is 0 Å². The summed E-state index contributed by atoms with van der Waals surface area (Å²) in [4.78, 5) is 4.68. The van der Waals surface area contributed by atoms with Crippen molar-refractivity contribution in [1.29, 1.82) is 0 Å². The molecule has 0 saturated heterocycles. The summed E-state index contributed by atoms with van der Waals surface area (Å²) in [5.41, 5.74) is 32.3. The molecule has 0 fully saturated rings. The molecule has 0 saturated carbocycles. The molecule has 6 heteroatoms. The van der Waals surface area contributed by atoms with Gasteiger partial charge >= 0.3 is 0 Å². The zero-order chi connectivity index (χ0) is 80.3. The molecule has 0 radical (unpaired) electrons. The highest BCUT2D eigenvalue weighted by Crippen LogP contribution is 2.48. The van der Waals surface area contributed by atoms with Crippen molar-refractivity contribution in [1.82, 2.24) is 9.13 Å². The number of furan rings is 2. The predicted octanol–water partition coefficient (Wildman–Crippen LogP) is 32.6. The van der Waals surface area contributed by atoms with E-state index in [0.717, 1.165) is 167 Å². The Morgan fingerprint density at radius 3 is 0.992 bits per heavy atom. The van der Waals surface area contributed by atoms with Crippen molar-refractivity contribution in [3.63, 3.8) is 0 Å². The quantitative estimate of drug-likeness (QED) is 0.103. The van der Waals surface area contributed by atoms with Gasteiger partial charge in [-0.25, -0.2) is 0 Å². The van der Waals surface area contributed by atoms with Crippen molar-refractivity contribution in [3.8, 4) is 89.3 Å². The van der Waals surface area contributed by atoms with Crippen LogP contribution < -0.4 is 9.80 Å². The second kappa shape index (κ2) is 28.8. The first-order valence-electron chi connectivity index (χ1n) is 41.7. The largest absolute Gasteiger partial charge is 0.455 e. The third-order valence-corrected chi connectivity index (χ3v) is 24.9. The lowest BCUT2D eigenvalue weighted by Gasteiger charge is -2.26. The lowest BCUT2D eigenvalue weighted by Crippen LogP contribution is -2.09. The molecule has 0 spiro atoms. The molecule has 0 atom stereocenters. The predicted molar refractivity (Wildman–Crippen MR) is 512 cm³/mol. The minimum atomic E-state index is 0.855. The molecule has 0 aliphatic rings. The number of fused-ring (bicyclic) bond motifs is 14. The molecule has 0 aliphatic heterocycles. The van der Waals surface area contributed by atoms with E-state index in [1.165, 1.54) is 65.3 Å². The van der Waals surface area contributed by atoms with Gasteiger partial charge in [0.2, 0.25) is 0 Å². The van der Waals surface area contributed by atoms with Crippen molar-refractivity contribution < 1.29 is 8.83 Å². The molecule has 570 valence electrons. The van der Waals surface area contributed by atoms with Crippen LogP contribution in [0.4, 0.5) is 34.1 Å². The topological polar surface area (TPSA) is 42.6 Å². The summed E-state index contributed by atoms with van der Waals surface area (Å²) in [7, 11) is 0. The Hall–Kier alpha value is -16.3. The molecule has 0 aliphatic carbocycles. The van der Waals surface area contributed by atoms with Crippen molar-refractivity contribution >= 4 is 143 Å². The summed E-state index contributed by atoms with van der Waals surface area (Å²) in [6.45, 7) is 0. The van der Waals surface area contributed by atoms with Crippen molar-refractivity contribution in [2.45, 2.75) is 0 Å². The molecule has 0 amide bonds. The fourth-order valence-corrected chi connectivity index (χ4v) is 19.0. The molecule has 4 aromatic heterocycles. The van der Waals surface area contributed by atoms with Crippen molar-refractivity contribution in [2.75, 3.05) is 9.80 Å². The van der Waals surface area contributed by atoms with E-state index in [0.29, 0.717) is 0 Å². The maximum atomic E-state index is 6.92. The van der Waals surface area contributed by atoms with Crippen LogP contribution in [-0.4, -0.2) is 9.13 Å². The number of para-hydroxylation sites is 6. The first-order chi connectivity index (χ1) is 60.4. The van der Waals surface area contributed by atoms with E-state index < -0.39 is 0 Å². The molecule has 24 rings (SSSR count). The van der Waals surface area contributed by atoms with Crippen LogP contribution in [0.2, 0.25) is 0 Å². The third kappa shape index (κ3) is 11.9. The first kappa shape index (κ1) is 70.0. The SMILES string of the molecule is c1ccc(-c2ccc3c4ccccc4n(-c4cc(-c5ccc(N(c6ccccc6)c6ccc(-c7ccc8ccc(-c9cccc(-c%10ccc%11c%12ccccc%12n(-c%12cc(-c%13ccc(N(c%14ccccc%14)c%14ccc(-c%15cccc%16ccccc%15%16)cc%14)cc%13)c%13oc%14ccccc%14c%13c%12)c%11c%10)c9)cc8c7)cc6)cc5)c5oc6ccccc6c5c4)c3c2)cc1. The number of hydrogen-bond acceptors (Lipinski definition) is 4. The number of hydrogen-bond donors (Lipinski definition) is 0. The Kier molecular flexibility index (Phi) is 16.5. The standard InChI is InChI=1S/C116H74N4O2/c1-4-22-75(23-5-1)86-54-64-101-99-33-12-16-38-109(99)119(111(101)69-86)95-71-105(115-107(73-95)103-35-14-18-40-113(103)121-115)80-50-60-93(61-51-80)117(89-28-6-2-7-29-89)91-56-46-76(47-57-91)84-44-42-77-43-45-85(68-88(77)67-84)82-26-20-27-83(66-82)87-55-65-102-100-34-13-17-39-110(100)120(112(102)70-87)96-72-106(116-108(74-96)104-36-15-19-41-114(104)122-116)81-52-62-94(63-53-81)118(90-30-8-3-9-31-90)92-58-48-79(49-59-92)98-37-21-25-78-24-10-11-32-97(78)98/h1-74H. The summed E-state index contributed by atoms with van der Waals surface area (Å²) in [6, 6.07) is 163. The Labute approximate surface area is 704 Å². The lowest BCUT2D eigenvalue weighted by molar-refractivity contribution is 0.669. The van der Waals surface area contributed by atoms with Crippen LogP contribution in [0.5, 0.6) is 0 Å². The number of aromatic nitrogens is 2. The molecule has 24 aromatic rings. The molecule has 122 heavy (non-hydrogen) atoms. The van der Waals surface area contributed by atoms with Crippen molar-refractivity contribution in [3.05, 3.63) is 449 Å². The Morgan fingerprint density at radius 1 is 0.164 bits per heavy atom. The van der Waals surface area contributed by atoms with Crippen LogP contribution >= 0.6 is 0 Å². The van der Waals surface area contributed by atoms with Gasteiger partial charge < -0.3 is 27.8 Å². The van der Waals surface area contributed by atoms with Gasteiger partial charge in [-0.05, 0) is 240 Å². The number of anilines is 6. The fraction of sp³-hybridized carbons (Fsp3) is 0. The molecule has 0 bridgehead atoms. The Bertz CT molecular complexity index is 8220. The van der Waals surface area contributed by atoms with Crippen LogP contribution in [0.3, 0.4) is 0 Å². The van der Waals surface area contributed by atoms with E-state index in [9.17, 15) is 0 Å². The van der Waals surface area contributed by atoms with E-state index in [-0.39, 0.29) is 0 Å². The average molecular weight is 1560 g/mol. The zero-order valence-corrected chi connectivity index (χ0v) is 66.3. The molecule has 0 unspecified atom stereocenters. The van der Waals surface area contributed by atoms with Gasteiger partial charge in [0.25, 0.3) is 0 Å². The van der Waals surface area contributed by atoms with E-state index in [4.69, 9.17) is 8.83 Å². The normalized spacial score (nSPS) is 11.8. The molecule has 0 N–H and O–H groups in total. The van der Waals surface area contributed by atoms with Crippen LogP contribution in [0.25, 0.3) is 198 Å².